The number of rotatable bonds is 5. The molecular weight excluding hydrogens is 304 g/mol. The van der Waals surface area contributed by atoms with Crippen LogP contribution in [0, 0.1) is 0 Å². The highest BCUT2D eigenvalue weighted by Crippen LogP contribution is 2.20. The Morgan fingerprint density at radius 1 is 1.12 bits per heavy atom. The summed E-state index contributed by atoms with van der Waals surface area (Å²) in [6.07, 6.45) is 4.50. The second-order valence-electron chi connectivity index (χ2n) is 6.20. The minimum atomic E-state index is -0.0450. The SMILES string of the molecule is CCc1nnc(CN(C)C(=O)c2ccc(N3CCCCC3)cc2)o1. The molecule has 1 aliphatic heterocycles. The predicted molar refractivity (Wildman–Crippen MR) is 92.0 cm³/mol. The van der Waals surface area contributed by atoms with Crippen LogP contribution in [-0.4, -0.2) is 41.1 Å². The van der Waals surface area contributed by atoms with Crippen molar-refractivity contribution in [3.8, 4) is 0 Å². The largest absolute Gasteiger partial charge is 0.423 e. The highest BCUT2D eigenvalue weighted by atomic mass is 16.4. The normalized spacial score (nSPS) is 14.7. The molecule has 0 N–H and O–H groups in total. The molecule has 3 rings (SSSR count). The van der Waals surface area contributed by atoms with Gasteiger partial charge in [0.15, 0.2) is 0 Å². The molecule has 128 valence electrons. The fourth-order valence-electron chi connectivity index (χ4n) is 2.96. The Morgan fingerprint density at radius 3 is 2.42 bits per heavy atom. The van der Waals surface area contributed by atoms with E-state index >= 15 is 0 Å². The minimum absolute atomic E-state index is 0.0450. The first kappa shape index (κ1) is 16.5. The molecule has 0 unspecified atom stereocenters. The molecule has 0 spiro atoms. The minimum Gasteiger partial charge on any atom is -0.423 e. The molecule has 1 saturated heterocycles. The second-order valence-corrected chi connectivity index (χ2v) is 6.20. The Morgan fingerprint density at radius 2 is 1.79 bits per heavy atom. The lowest BCUT2D eigenvalue weighted by Gasteiger charge is -2.29. The molecule has 1 fully saturated rings. The van der Waals surface area contributed by atoms with Gasteiger partial charge < -0.3 is 14.2 Å². The van der Waals surface area contributed by atoms with E-state index in [1.807, 2.05) is 31.2 Å². The van der Waals surface area contributed by atoms with E-state index in [2.05, 4.69) is 15.1 Å². The third-order valence-corrected chi connectivity index (χ3v) is 4.37. The standard InChI is InChI=1S/C18H24N4O2/c1-3-16-19-20-17(24-16)13-21(2)18(23)14-7-9-15(10-8-14)22-11-5-4-6-12-22/h7-10H,3-6,11-13H2,1-2H3. The molecule has 6 heteroatoms. The van der Waals surface area contributed by atoms with Gasteiger partial charge in [0.1, 0.15) is 0 Å². The molecule has 0 bridgehead atoms. The first-order valence-corrected chi connectivity index (χ1v) is 8.59. The first-order valence-electron chi connectivity index (χ1n) is 8.59. The number of anilines is 1. The third-order valence-electron chi connectivity index (χ3n) is 4.37. The lowest BCUT2D eigenvalue weighted by molar-refractivity contribution is 0.0772. The number of amides is 1. The number of carbonyl (C=O) groups excluding carboxylic acids is 1. The topological polar surface area (TPSA) is 62.5 Å². The van der Waals surface area contributed by atoms with Crippen molar-refractivity contribution in [1.82, 2.24) is 15.1 Å². The molecule has 0 aliphatic carbocycles. The van der Waals surface area contributed by atoms with Crippen LogP contribution in [0.3, 0.4) is 0 Å². The Labute approximate surface area is 142 Å². The van der Waals surface area contributed by atoms with E-state index in [0.717, 1.165) is 13.1 Å². The Bertz CT molecular complexity index is 675. The Kier molecular flexibility index (Phi) is 5.13. The van der Waals surface area contributed by atoms with Gasteiger partial charge in [0.25, 0.3) is 5.91 Å². The van der Waals surface area contributed by atoms with Gasteiger partial charge in [0.2, 0.25) is 11.8 Å². The third kappa shape index (κ3) is 3.75. The summed E-state index contributed by atoms with van der Waals surface area (Å²) in [4.78, 5) is 16.5. The van der Waals surface area contributed by atoms with Crippen LogP contribution in [-0.2, 0) is 13.0 Å². The van der Waals surface area contributed by atoms with Crippen LogP contribution >= 0.6 is 0 Å². The summed E-state index contributed by atoms with van der Waals surface area (Å²) in [6, 6.07) is 7.87. The zero-order valence-electron chi connectivity index (χ0n) is 14.4. The summed E-state index contributed by atoms with van der Waals surface area (Å²) in [7, 11) is 1.75. The van der Waals surface area contributed by atoms with Gasteiger partial charge in [-0.1, -0.05) is 6.92 Å². The van der Waals surface area contributed by atoms with Gasteiger partial charge in [-0.2, -0.15) is 0 Å². The molecule has 2 heterocycles. The molecule has 2 aromatic rings. The van der Waals surface area contributed by atoms with Crippen molar-refractivity contribution in [2.24, 2.45) is 0 Å². The van der Waals surface area contributed by atoms with E-state index in [1.165, 1.54) is 24.9 Å². The monoisotopic (exact) mass is 328 g/mol. The first-order chi connectivity index (χ1) is 11.7. The van der Waals surface area contributed by atoms with Crippen LogP contribution in [0.2, 0.25) is 0 Å². The maximum atomic E-state index is 12.5. The van der Waals surface area contributed by atoms with Crippen LogP contribution in [0.5, 0.6) is 0 Å². The molecule has 1 aromatic heterocycles. The van der Waals surface area contributed by atoms with Crippen molar-refractivity contribution in [3.05, 3.63) is 41.6 Å². The van der Waals surface area contributed by atoms with Gasteiger partial charge in [-0.25, -0.2) is 0 Å². The van der Waals surface area contributed by atoms with E-state index in [4.69, 9.17) is 4.42 Å². The zero-order chi connectivity index (χ0) is 16.9. The second kappa shape index (κ2) is 7.47. The van der Waals surface area contributed by atoms with E-state index in [0.29, 0.717) is 30.3 Å². The molecule has 24 heavy (non-hydrogen) atoms. The average molecular weight is 328 g/mol. The molecular formula is C18H24N4O2. The maximum Gasteiger partial charge on any atom is 0.254 e. The van der Waals surface area contributed by atoms with E-state index < -0.39 is 0 Å². The summed E-state index contributed by atoms with van der Waals surface area (Å²) in [6.45, 7) is 4.48. The Balaban J connectivity index is 1.63. The average Bonchev–Trinajstić information content (AvgIpc) is 3.09. The zero-order valence-corrected chi connectivity index (χ0v) is 14.4. The van der Waals surface area contributed by atoms with Crippen LogP contribution in [0.25, 0.3) is 0 Å². The number of carbonyl (C=O) groups is 1. The summed E-state index contributed by atoms with van der Waals surface area (Å²) in [5.41, 5.74) is 1.87. The number of benzene rings is 1. The summed E-state index contributed by atoms with van der Waals surface area (Å²) in [5, 5.41) is 7.88. The van der Waals surface area contributed by atoms with Crippen molar-refractivity contribution >= 4 is 11.6 Å². The summed E-state index contributed by atoms with van der Waals surface area (Å²) >= 11 is 0. The van der Waals surface area contributed by atoms with Crippen LogP contribution in [0.4, 0.5) is 5.69 Å². The van der Waals surface area contributed by atoms with Crippen molar-refractivity contribution in [2.75, 3.05) is 25.0 Å². The van der Waals surface area contributed by atoms with E-state index in [1.54, 1.807) is 11.9 Å². The van der Waals surface area contributed by atoms with Crippen LogP contribution in [0.1, 0.15) is 48.3 Å². The fraction of sp³-hybridized carbons (Fsp3) is 0.500. The van der Waals surface area contributed by atoms with Crippen molar-refractivity contribution in [1.29, 1.82) is 0 Å². The molecule has 0 saturated carbocycles. The molecule has 1 amide bonds. The van der Waals surface area contributed by atoms with Crippen LogP contribution in [0.15, 0.2) is 28.7 Å². The van der Waals surface area contributed by atoms with E-state index in [9.17, 15) is 4.79 Å². The van der Waals surface area contributed by atoms with Crippen LogP contribution < -0.4 is 4.90 Å². The lowest BCUT2D eigenvalue weighted by atomic mass is 10.1. The summed E-state index contributed by atoms with van der Waals surface area (Å²) in [5.74, 6) is 1.01. The predicted octanol–water partition coefficient (Wildman–Crippen LogP) is 2.89. The van der Waals surface area contributed by atoms with E-state index in [-0.39, 0.29) is 5.91 Å². The lowest BCUT2D eigenvalue weighted by Crippen LogP contribution is -2.29. The van der Waals surface area contributed by atoms with Gasteiger partial charge in [-0.15, -0.1) is 10.2 Å². The van der Waals surface area contributed by atoms with Gasteiger partial charge in [-0.3, -0.25) is 4.79 Å². The molecule has 1 aromatic carbocycles. The molecule has 1 aliphatic rings. The van der Waals surface area contributed by atoms with Gasteiger partial charge in [0.05, 0.1) is 6.54 Å². The van der Waals surface area contributed by atoms with Crippen molar-refractivity contribution < 1.29 is 9.21 Å². The quantitative estimate of drug-likeness (QED) is 0.844. The molecule has 0 atom stereocenters. The number of aromatic nitrogens is 2. The summed E-state index contributed by atoms with van der Waals surface area (Å²) < 4.78 is 5.47. The number of hydrogen-bond donors (Lipinski definition) is 0. The number of nitrogens with zero attached hydrogens (tertiary/aromatic N) is 4. The highest BCUT2D eigenvalue weighted by molar-refractivity contribution is 5.94. The molecule has 6 nitrogen and oxygen atoms in total. The molecule has 0 radical (unpaired) electrons. The van der Waals surface area contributed by atoms with Crippen molar-refractivity contribution in [2.45, 2.75) is 39.2 Å². The smallest absolute Gasteiger partial charge is 0.254 e. The maximum absolute atomic E-state index is 12.5. The van der Waals surface area contributed by atoms with Gasteiger partial charge >= 0.3 is 0 Å². The Hall–Kier alpha value is -2.37. The highest BCUT2D eigenvalue weighted by Gasteiger charge is 2.16. The number of piperidine rings is 1. The fourth-order valence-corrected chi connectivity index (χ4v) is 2.96. The van der Waals surface area contributed by atoms with Gasteiger partial charge in [0, 0.05) is 37.8 Å². The van der Waals surface area contributed by atoms with Gasteiger partial charge in [-0.05, 0) is 43.5 Å². The number of aryl methyl sites for hydroxylation is 1. The number of hydrogen-bond acceptors (Lipinski definition) is 5. The van der Waals surface area contributed by atoms with Crippen molar-refractivity contribution in [3.63, 3.8) is 0 Å².